The van der Waals surface area contributed by atoms with Crippen molar-refractivity contribution in [2.24, 2.45) is 0 Å². The Balaban J connectivity index is 0.000000284. The second kappa shape index (κ2) is 7.38. The third-order valence-electron chi connectivity index (χ3n) is 2.69. The minimum Gasteiger partial charge on any atom is -0.295 e. The molecule has 8 heteroatoms. The van der Waals surface area contributed by atoms with Gasteiger partial charge in [-0.2, -0.15) is 21.6 Å². The predicted molar refractivity (Wildman–Crippen MR) is 79.5 cm³/mol. The number of hydrogen-bond donors (Lipinski definition) is 1. The zero-order valence-corrected chi connectivity index (χ0v) is 12.7. The lowest BCUT2D eigenvalue weighted by molar-refractivity contribution is -0.0510. The van der Waals surface area contributed by atoms with Crippen molar-refractivity contribution in [3.05, 3.63) is 60.2 Å². The lowest BCUT2D eigenvalue weighted by Crippen LogP contribution is -2.21. The molecule has 0 aliphatic carbocycles. The Bertz CT molecular complexity index is 752. The molecule has 23 heavy (non-hydrogen) atoms. The van der Waals surface area contributed by atoms with Gasteiger partial charge in [-0.3, -0.25) is 9.35 Å². The van der Waals surface area contributed by atoms with Crippen LogP contribution in [0.5, 0.6) is 0 Å². The number of hydrogen-bond acceptors (Lipinski definition) is 3. The number of ketones is 1. The molecule has 2 aromatic rings. The van der Waals surface area contributed by atoms with Crippen LogP contribution in [0.4, 0.5) is 13.2 Å². The summed E-state index contributed by atoms with van der Waals surface area (Å²) < 4.78 is 57.5. The van der Waals surface area contributed by atoms with Crippen LogP contribution in [0.25, 0.3) is 11.1 Å². The summed E-state index contributed by atoms with van der Waals surface area (Å²) in [4.78, 5) is 11.1. The van der Waals surface area contributed by atoms with Gasteiger partial charge in [-0.05, 0) is 18.1 Å². The molecule has 1 N–H and O–H groups in total. The largest absolute Gasteiger partial charge is 0.522 e. The number of carbonyl (C=O) groups excluding carboxylic acids is 1. The molecule has 0 spiro atoms. The molecular weight excluding hydrogens is 333 g/mol. The van der Waals surface area contributed by atoms with Gasteiger partial charge in [0.25, 0.3) is 0 Å². The SMILES string of the molecule is CC(=O)c1ccc(-c2ccccc2)cc1.O=S(=O)(O)C(F)(F)F. The number of halogens is 3. The van der Waals surface area contributed by atoms with Gasteiger partial charge in [0, 0.05) is 5.56 Å². The minimum atomic E-state index is -5.84. The van der Waals surface area contributed by atoms with Gasteiger partial charge in [0.05, 0.1) is 0 Å². The first-order valence-electron chi connectivity index (χ1n) is 6.22. The molecule has 0 aromatic heterocycles. The average molecular weight is 346 g/mol. The van der Waals surface area contributed by atoms with E-state index >= 15 is 0 Å². The lowest BCUT2D eigenvalue weighted by atomic mass is 10.0. The third kappa shape index (κ3) is 5.84. The second-order valence-electron chi connectivity index (χ2n) is 4.42. The molecule has 0 amide bonds. The second-order valence-corrected chi connectivity index (χ2v) is 5.83. The van der Waals surface area contributed by atoms with E-state index in [1.807, 2.05) is 42.5 Å². The molecule has 2 rings (SSSR count). The molecule has 124 valence electrons. The van der Waals surface area contributed by atoms with E-state index in [-0.39, 0.29) is 5.78 Å². The Morgan fingerprint density at radius 1 is 0.913 bits per heavy atom. The van der Waals surface area contributed by atoms with E-state index in [1.54, 1.807) is 6.92 Å². The van der Waals surface area contributed by atoms with Gasteiger partial charge in [-0.1, -0.05) is 54.6 Å². The van der Waals surface area contributed by atoms with E-state index in [1.165, 1.54) is 5.56 Å². The molecule has 0 unspecified atom stereocenters. The topological polar surface area (TPSA) is 71.4 Å². The summed E-state index contributed by atoms with van der Waals surface area (Å²) in [5.41, 5.74) is -2.46. The highest BCUT2D eigenvalue weighted by atomic mass is 32.2. The summed E-state index contributed by atoms with van der Waals surface area (Å²) >= 11 is 0. The molecule has 0 atom stereocenters. The summed E-state index contributed by atoms with van der Waals surface area (Å²) in [6.07, 6.45) is 0. The fourth-order valence-electron chi connectivity index (χ4n) is 1.53. The minimum absolute atomic E-state index is 0.106. The highest BCUT2D eigenvalue weighted by Gasteiger charge is 2.44. The number of benzene rings is 2. The number of Topliss-reactive ketones (excluding diaryl/α,β-unsaturated/α-hetero) is 1. The van der Waals surface area contributed by atoms with Gasteiger partial charge in [-0.25, -0.2) is 0 Å². The maximum absolute atomic E-state index is 11.1. The predicted octanol–water partition coefficient (Wildman–Crippen LogP) is 3.95. The van der Waals surface area contributed by atoms with Crippen molar-refractivity contribution in [1.82, 2.24) is 0 Å². The molecule has 0 saturated carbocycles. The smallest absolute Gasteiger partial charge is 0.295 e. The Kier molecular flexibility index (Phi) is 6.05. The van der Waals surface area contributed by atoms with Gasteiger partial charge < -0.3 is 0 Å². The van der Waals surface area contributed by atoms with Gasteiger partial charge >= 0.3 is 15.6 Å². The standard InChI is InChI=1S/C14H12O.CHF3O3S/c1-11(15)12-7-9-14(10-8-12)13-5-3-2-4-6-13;2-1(3,4)8(5,6)7/h2-10H,1H3;(H,5,6,7). The van der Waals surface area contributed by atoms with Crippen molar-refractivity contribution in [1.29, 1.82) is 0 Å². The average Bonchev–Trinajstić information content (AvgIpc) is 2.47. The van der Waals surface area contributed by atoms with Crippen LogP contribution in [0.3, 0.4) is 0 Å². The van der Waals surface area contributed by atoms with Crippen LogP contribution >= 0.6 is 0 Å². The van der Waals surface area contributed by atoms with E-state index in [0.29, 0.717) is 0 Å². The van der Waals surface area contributed by atoms with Crippen molar-refractivity contribution in [2.75, 3.05) is 0 Å². The Hall–Kier alpha value is -2.19. The van der Waals surface area contributed by atoms with Crippen LogP contribution in [0.1, 0.15) is 17.3 Å². The van der Waals surface area contributed by atoms with E-state index in [4.69, 9.17) is 13.0 Å². The molecule has 0 aliphatic heterocycles. The first kappa shape index (κ1) is 18.9. The van der Waals surface area contributed by atoms with Gasteiger partial charge in [0.2, 0.25) is 0 Å². The molecule has 0 fully saturated rings. The van der Waals surface area contributed by atoms with E-state index in [0.717, 1.165) is 11.1 Å². The zero-order chi connectivity index (χ0) is 17.7. The molecule has 0 aliphatic rings. The molecule has 4 nitrogen and oxygen atoms in total. The third-order valence-corrected chi connectivity index (χ3v) is 3.28. The molecule has 2 aromatic carbocycles. The number of alkyl halides is 3. The first-order chi connectivity index (χ1) is 10.5. The Labute approximate surface area is 131 Å². The molecular formula is C15H13F3O4S. The quantitative estimate of drug-likeness (QED) is 0.508. The van der Waals surface area contributed by atoms with Crippen LogP contribution in [-0.4, -0.2) is 24.3 Å². The van der Waals surface area contributed by atoms with Gasteiger partial charge in [0.1, 0.15) is 0 Å². The van der Waals surface area contributed by atoms with E-state index < -0.39 is 15.6 Å². The first-order valence-corrected chi connectivity index (χ1v) is 7.66. The van der Waals surface area contributed by atoms with Crippen LogP contribution in [0.15, 0.2) is 54.6 Å². The Morgan fingerprint density at radius 2 is 1.30 bits per heavy atom. The fraction of sp³-hybridized carbons (Fsp3) is 0.133. The Morgan fingerprint density at radius 3 is 1.65 bits per heavy atom. The summed E-state index contributed by atoms with van der Waals surface area (Å²) in [5.74, 6) is 0.106. The van der Waals surface area contributed by atoms with Crippen molar-refractivity contribution in [3.63, 3.8) is 0 Å². The highest BCUT2D eigenvalue weighted by molar-refractivity contribution is 7.86. The molecule has 0 saturated heterocycles. The lowest BCUT2D eigenvalue weighted by Gasteiger charge is -2.01. The van der Waals surface area contributed by atoms with E-state index in [9.17, 15) is 18.0 Å². The van der Waals surface area contributed by atoms with E-state index in [2.05, 4.69) is 12.1 Å². The highest BCUT2D eigenvalue weighted by Crippen LogP contribution is 2.20. The summed E-state index contributed by atoms with van der Waals surface area (Å²) in [7, 11) is -5.84. The van der Waals surface area contributed by atoms with Crippen LogP contribution < -0.4 is 0 Å². The fourth-order valence-corrected chi connectivity index (χ4v) is 1.53. The number of carbonyl (C=O) groups is 1. The zero-order valence-electron chi connectivity index (χ0n) is 11.9. The van der Waals surface area contributed by atoms with Crippen LogP contribution in [0.2, 0.25) is 0 Å². The van der Waals surface area contributed by atoms with Crippen LogP contribution in [0, 0.1) is 0 Å². The maximum atomic E-state index is 11.1. The normalized spacial score (nSPS) is 11.3. The molecule has 0 radical (unpaired) electrons. The van der Waals surface area contributed by atoms with Crippen molar-refractivity contribution >= 4 is 15.9 Å². The van der Waals surface area contributed by atoms with Crippen molar-refractivity contribution < 1.29 is 30.9 Å². The van der Waals surface area contributed by atoms with Crippen molar-refractivity contribution in [2.45, 2.75) is 12.4 Å². The summed E-state index contributed by atoms with van der Waals surface area (Å²) in [6.45, 7) is 1.58. The monoisotopic (exact) mass is 346 g/mol. The number of rotatable bonds is 2. The molecule has 0 heterocycles. The van der Waals surface area contributed by atoms with Crippen molar-refractivity contribution in [3.8, 4) is 11.1 Å². The summed E-state index contributed by atoms with van der Waals surface area (Å²) in [6, 6.07) is 17.8. The molecule has 0 bridgehead atoms. The van der Waals surface area contributed by atoms with Gasteiger partial charge in [0.15, 0.2) is 5.78 Å². The maximum Gasteiger partial charge on any atom is 0.522 e. The van der Waals surface area contributed by atoms with Gasteiger partial charge in [-0.15, -0.1) is 0 Å². The van der Waals surface area contributed by atoms with Crippen LogP contribution in [-0.2, 0) is 10.1 Å². The summed E-state index contributed by atoms with van der Waals surface area (Å²) in [5, 5.41) is 0.